The van der Waals surface area contributed by atoms with Crippen LogP contribution in [0.5, 0.6) is 5.75 Å². The van der Waals surface area contributed by atoms with Gasteiger partial charge in [-0.15, -0.1) is 0 Å². The average Bonchev–Trinajstić information content (AvgIpc) is 2.74. The summed E-state index contributed by atoms with van der Waals surface area (Å²) in [4.78, 5) is 28.2. The number of nitrogens with one attached hydrogen (secondary N) is 2. The molecule has 0 bridgehead atoms. The van der Waals surface area contributed by atoms with Gasteiger partial charge in [0, 0.05) is 32.0 Å². The van der Waals surface area contributed by atoms with Crippen LogP contribution in [0, 0.1) is 0 Å². The molecule has 1 aromatic heterocycles. The molecular formula is C20H25N3O5. The van der Waals surface area contributed by atoms with Crippen LogP contribution in [-0.2, 0) is 16.1 Å². The third kappa shape index (κ3) is 6.98. The maximum Gasteiger partial charge on any atom is 0.269 e. The van der Waals surface area contributed by atoms with E-state index < -0.39 is 0 Å². The molecule has 1 heterocycles. The quantitative estimate of drug-likeness (QED) is 0.566. The third-order valence-corrected chi connectivity index (χ3v) is 3.81. The molecule has 0 radical (unpaired) electrons. The van der Waals surface area contributed by atoms with E-state index in [1.54, 1.807) is 20.3 Å². The maximum absolute atomic E-state index is 12.2. The summed E-state index contributed by atoms with van der Waals surface area (Å²) in [5, 5.41) is 5.42. The first-order valence-corrected chi connectivity index (χ1v) is 8.86. The number of hydrogen-bond donors (Lipinski definition) is 2. The third-order valence-electron chi connectivity index (χ3n) is 3.81. The Balaban J connectivity index is 1.73. The van der Waals surface area contributed by atoms with Gasteiger partial charge in [-0.05, 0) is 29.8 Å². The summed E-state index contributed by atoms with van der Waals surface area (Å²) < 4.78 is 15.5. The second-order valence-electron chi connectivity index (χ2n) is 5.84. The van der Waals surface area contributed by atoms with Gasteiger partial charge in [-0.25, -0.2) is 0 Å². The highest BCUT2D eigenvalue weighted by Gasteiger charge is 2.11. The van der Waals surface area contributed by atoms with Crippen LogP contribution in [0.25, 0.3) is 0 Å². The molecule has 0 spiro atoms. The number of rotatable bonds is 11. The molecule has 2 N–H and O–H groups in total. The Morgan fingerprint density at radius 1 is 0.964 bits per heavy atom. The number of carbonyl (C=O) groups excluding carboxylic acids is 2. The Labute approximate surface area is 164 Å². The molecule has 0 saturated heterocycles. The van der Waals surface area contributed by atoms with Crippen LogP contribution in [0.4, 0.5) is 0 Å². The van der Waals surface area contributed by atoms with Crippen molar-refractivity contribution < 1.29 is 23.8 Å². The van der Waals surface area contributed by atoms with Crippen molar-refractivity contribution in [3.63, 3.8) is 0 Å². The van der Waals surface area contributed by atoms with Gasteiger partial charge in [0.25, 0.3) is 11.8 Å². The number of benzene rings is 1. The van der Waals surface area contributed by atoms with Gasteiger partial charge in [-0.3, -0.25) is 14.6 Å². The van der Waals surface area contributed by atoms with Gasteiger partial charge in [0.15, 0.2) is 0 Å². The summed E-state index contributed by atoms with van der Waals surface area (Å²) >= 11 is 0. The van der Waals surface area contributed by atoms with Gasteiger partial charge in [0.2, 0.25) is 0 Å². The number of carbonyl (C=O) groups is 2. The topological polar surface area (TPSA) is 98.8 Å². The van der Waals surface area contributed by atoms with Crippen LogP contribution in [0.15, 0.2) is 42.6 Å². The van der Waals surface area contributed by atoms with Crippen LogP contribution in [0.3, 0.4) is 0 Å². The Hall–Kier alpha value is -2.97. The summed E-state index contributed by atoms with van der Waals surface area (Å²) in [6.07, 6.45) is 1.43. The van der Waals surface area contributed by atoms with Crippen molar-refractivity contribution in [1.82, 2.24) is 15.6 Å². The molecule has 150 valence electrons. The molecule has 2 aromatic rings. The Kier molecular flexibility index (Phi) is 8.90. The molecule has 1 aromatic carbocycles. The van der Waals surface area contributed by atoms with E-state index in [9.17, 15) is 9.59 Å². The minimum atomic E-state index is -0.352. The van der Waals surface area contributed by atoms with Crippen LogP contribution in [0.2, 0.25) is 0 Å². The highest BCUT2D eigenvalue weighted by atomic mass is 16.5. The lowest BCUT2D eigenvalue weighted by atomic mass is 10.2. The first-order chi connectivity index (χ1) is 13.6. The lowest BCUT2D eigenvalue weighted by Gasteiger charge is -2.08. The molecule has 8 nitrogen and oxygen atoms in total. The molecule has 0 aliphatic heterocycles. The van der Waals surface area contributed by atoms with Gasteiger partial charge in [0.1, 0.15) is 11.4 Å². The number of nitrogens with zero attached hydrogens (tertiary/aromatic N) is 1. The van der Waals surface area contributed by atoms with Gasteiger partial charge in [0.05, 0.1) is 26.9 Å². The fourth-order valence-electron chi connectivity index (χ4n) is 2.30. The Morgan fingerprint density at radius 2 is 1.68 bits per heavy atom. The molecule has 0 atom stereocenters. The average molecular weight is 387 g/mol. The first-order valence-electron chi connectivity index (χ1n) is 8.86. The highest BCUT2D eigenvalue weighted by molar-refractivity contribution is 5.98. The second kappa shape index (κ2) is 11.7. The van der Waals surface area contributed by atoms with E-state index in [-0.39, 0.29) is 17.5 Å². The van der Waals surface area contributed by atoms with E-state index in [2.05, 4.69) is 15.6 Å². The van der Waals surface area contributed by atoms with Crippen molar-refractivity contribution in [2.45, 2.75) is 6.61 Å². The van der Waals surface area contributed by atoms with E-state index in [0.717, 1.165) is 11.3 Å². The summed E-state index contributed by atoms with van der Waals surface area (Å²) in [7, 11) is 3.17. The molecule has 2 rings (SSSR count). The van der Waals surface area contributed by atoms with E-state index in [1.165, 1.54) is 12.3 Å². The number of ether oxygens (including phenoxy) is 3. The van der Waals surface area contributed by atoms with Crippen molar-refractivity contribution in [3.8, 4) is 5.75 Å². The van der Waals surface area contributed by atoms with Crippen molar-refractivity contribution in [2.24, 2.45) is 0 Å². The number of hydrogen-bond acceptors (Lipinski definition) is 6. The van der Waals surface area contributed by atoms with Crippen LogP contribution < -0.4 is 15.4 Å². The molecule has 0 saturated carbocycles. The molecule has 0 fully saturated rings. The maximum atomic E-state index is 12.2. The zero-order valence-electron chi connectivity index (χ0n) is 16.1. The van der Waals surface area contributed by atoms with Crippen molar-refractivity contribution in [2.75, 3.05) is 40.5 Å². The highest BCUT2D eigenvalue weighted by Crippen LogP contribution is 2.11. The van der Waals surface area contributed by atoms with Crippen molar-refractivity contribution in [1.29, 1.82) is 0 Å². The second-order valence-corrected chi connectivity index (χ2v) is 5.84. The van der Waals surface area contributed by atoms with E-state index >= 15 is 0 Å². The lowest BCUT2D eigenvalue weighted by molar-refractivity contribution is 0.0900. The summed E-state index contributed by atoms with van der Waals surface area (Å²) in [6.45, 7) is 1.95. The first kappa shape index (κ1) is 21.3. The number of amides is 2. The minimum Gasteiger partial charge on any atom is -0.497 e. The normalized spacial score (nSPS) is 10.4. The zero-order chi connectivity index (χ0) is 20.2. The molecule has 8 heteroatoms. The number of pyridine rings is 1. The molecule has 2 amide bonds. The Morgan fingerprint density at radius 3 is 2.39 bits per heavy atom. The van der Waals surface area contributed by atoms with Gasteiger partial charge in [-0.2, -0.15) is 0 Å². The monoisotopic (exact) mass is 387 g/mol. The zero-order valence-corrected chi connectivity index (χ0v) is 16.1. The van der Waals surface area contributed by atoms with Gasteiger partial charge >= 0.3 is 0 Å². The van der Waals surface area contributed by atoms with Crippen LogP contribution in [0.1, 0.15) is 26.4 Å². The van der Waals surface area contributed by atoms with Gasteiger partial charge in [-0.1, -0.05) is 12.1 Å². The van der Waals surface area contributed by atoms with Crippen molar-refractivity contribution in [3.05, 3.63) is 59.4 Å². The minimum absolute atomic E-state index is 0.180. The SMILES string of the molecule is COCCNC(=O)c1cc(C(=O)NCCOCc2ccc(OC)cc2)ccn1. The molecule has 28 heavy (non-hydrogen) atoms. The molecule has 0 unspecified atom stereocenters. The molecular weight excluding hydrogens is 362 g/mol. The predicted molar refractivity (Wildman–Crippen MR) is 103 cm³/mol. The van der Waals surface area contributed by atoms with E-state index in [0.29, 0.717) is 38.5 Å². The fraction of sp³-hybridized carbons (Fsp3) is 0.350. The smallest absolute Gasteiger partial charge is 0.269 e. The summed E-state index contributed by atoms with van der Waals surface area (Å²) in [6, 6.07) is 10.6. The Bertz CT molecular complexity index is 765. The largest absolute Gasteiger partial charge is 0.497 e. The van der Waals surface area contributed by atoms with Crippen molar-refractivity contribution >= 4 is 11.8 Å². The van der Waals surface area contributed by atoms with Crippen LogP contribution >= 0.6 is 0 Å². The lowest BCUT2D eigenvalue weighted by Crippen LogP contribution is -2.29. The predicted octanol–water partition coefficient (Wildman–Crippen LogP) is 1.41. The van der Waals surface area contributed by atoms with E-state index in [1.807, 2.05) is 24.3 Å². The summed E-state index contributed by atoms with van der Waals surface area (Å²) in [5.74, 6) is 0.149. The number of methoxy groups -OCH3 is 2. The van der Waals surface area contributed by atoms with E-state index in [4.69, 9.17) is 14.2 Å². The molecule has 0 aliphatic rings. The fourth-order valence-corrected chi connectivity index (χ4v) is 2.30. The standard InChI is InChI=1S/C20H25N3O5/c1-26-11-9-23-20(25)18-13-16(7-8-21-18)19(24)22-10-12-28-14-15-3-5-17(27-2)6-4-15/h3-8,13H,9-12,14H2,1-2H3,(H,22,24)(H,23,25). The molecule has 0 aliphatic carbocycles. The van der Waals surface area contributed by atoms with Gasteiger partial charge < -0.3 is 24.8 Å². The summed E-state index contributed by atoms with van der Waals surface area (Å²) in [5.41, 5.74) is 1.56. The van der Waals surface area contributed by atoms with Crippen LogP contribution in [-0.4, -0.2) is 57.3 Å². The number of aromatic nitrogens is 1.